The third-order valence-corrected chi connectivity index (χ3v) is 4.91. The molecule has 1 aliphatic heterocycles. The molecule has 1 saturated heterocycles. The fourth-order valence-corrected chi connectivity index (χ4v) is 3.88. The minimum atomic E-state index is 0.592. The van der Waals surface area contributed by atoms with Gasteiger partial charge < -0.3 is 5.32 Å². The highest BCUT2D eigenvalue weighted by atomic mass is 14.9. The van der Waals surface area contributed by atoms with Gasteiger partial charge in [0, 0.05) is 0 Å². The molecule has 2 unspecified atom stereocenters. The van der Waals surface area contributed by atoms with Crippen molar-refractivity contribution in [1.29, 1.82) is 0 Å². The number of piperidine rings is 1. The largest absolute Gasteiger partial charge is 0.316 e. The molecule has 2 aliphatic rings. The minimum Gasteiger partial charge on any atom is -0.316 e. The van der Waals surface area contributed by atoms with E-state index in [-0.39, 0.29) is 0 Å². The molecule has 0 amide bonds. The summed E-state index contributed by atoms with van der Waals surface area (Å²) in [6.45, 7) is 9.90. The summed E-state index contributed by atoms with van der Waals surface area (Å²) in [6, 6.07) is 0. The quantitative estimate of drug-likeness (QED) is 0.606. The van der Waals surface area contributed by atoms with Crippen LogP contribution in [0.15, 0.2) is 0 Å². The van der Waals surface area contributed by atoms with Gasteiger partial charge in [-0.1, -0.05) is 27.2 Å². The summed E-state index contributed by atoms with van der Waals surface area (Å²) in [4.78, 5) is 0. The Hall–Kier alpha value is -0.0400. The highest BCUT2D eigenvalue weighted by Crippen LogP contribution is 2.59. The molecule has 1 spiro atoms. The van der Waals surface area contributed by atoms with Gasteiger partial charge in [0.05, 0.1) is 0 Å². The van der Waals surface area contributed by atoms with Gasteiger partial charge in [-0.2, -0.15) is 0 Å². The van der Waals surface area contributed by atoms with E-state index < -0.39 is 0 Å². The van der Waals surface area contributed by atoms with Crippen LogP contribution in [0.5, 0.6) is 0 Å². The first-order chi connectivity index (χ1) is 6.08. The van der Waals surface area contributed by atoms with Crippen LogP contribution in [0, 0.1) is 16.7 Å². The van der Waals surface area contributed by atoms with E-state index in [4.69, 9.17) is 0 Å². The molecular formula is C12H23N. The van der Waals surface area contributed by atoms with Crippen LogP contribution in [0.2, 0.25) is 0 Å². The topological polar surface area (TPSA) is 12.0 Å². The summed E-state index contributed by atoms with van der Waals surface area (Å²) >= 11 is 0. The molecule has 0 aromatic rings. The summed E-state index contributed by atoms with van der Waals surface area (Å²) in [5.41, 5.74) is 1.26. The Morgan fingerprint density at radius 3 is 2.46 bits per heavy atom. The van der Waals surface area contributed by atoms with E-state index >= 15 is 0 Å². The average molecular weight is 181 g/mol. The molecule has 76 valence electrons. The number of nitrogens with one attached hydrogen (secondary N) is 1. The summed E-state index contributed by atoms with van der Waals surface area (Å²) in [5, 5.41) is 3.52. The van der Waals surface area contributed by atoms with Gasteiger partial charge in [-0.05, 0) is 49.1 Å². The molecule has 2 atom stereocenters. The van der Waals surface area contributed by atoms with E-state index in [1.54, 1.807) is 0 Å². The first-order valence-corrected chi connectivity index (χ1v) is 5.79. The summed E-state index contributed by atoms with van der Waals surface area (Å²) in [7, 11) is 0. The van der Waals surface area contributed by atoms with Crippen molar-refractivity contribution in [2.75, 3.05) is 13.1 Å². The van der Waals surface area contributed by atoms with E-state index in [1.165, 1.54) is 38.8 Å². The molecule has 2 rings (SSSR count). The van der Waals surface area contributed by atoms with Gasteiger partial charge in [-0.15, -0.1) is 0 Å². The van der Waals surface area contributed by atoms with Crippen LogP contribution in [-0.2, 0) is 0 Å². The van der Waals surface area contributed by atoms with Gasteiger partial charge in [0.2, 0.25) is 0 Å². The normalized spacial score (nSPS) is 44.1. The smallest absolute Gasteiger partial charge is 0.00176 e. The van der Waals surface area contributed by atoms with Crippen LogP contribution in [0.4, 0.5) is 0 Å². The first-order valence-electron chi connectivity index (χ1n) is 5.79. The zero-order valence-corrected chi connectivity index (χ0v) is 9.32. The van der Waals surface area contributed by atoms with Crippen LogP contribution in [0.25, 0.3) is 0 Å². The predicted molar refractivity (Wildman–Crippen MR) is 56.7 cm³/mol. The van der Waals surface area contributed by atoms with Gasteiger partial charge in [-0.25, -0.2) is 0 Å². The van der Waals surface area contributed by atoms with Crippen LogP contribution in [0.3, 0.4) is 0 Å². The van der Waals surface area contributed by atoms with Crippen molar-refractivity contribution in [1.82, 2.24) is 5.32 Å². The third kappa shape index (κ3) is 1.24. The fourth-order valence-electron chi connectivity index (χ4n) is 3.88. The highest BCUT2D eigenvalue weighted by Gasteiger charge is 2.52. The van der Waals surface area contributed by atoms with Crippen LogP contribution in [-0.4, -0.2) is 13.1 Å². The van der Waals surface area contributed by atoms with Gasteiger partial charge in [0.25, 0.3) is 0 Å². The maximum absolute atomic E-state index is 3.52. The molecule has 0 aromatic carbocycles. The summed E-state index contributed by atoms with van der Waals surface area (Å²) in [6.07, 6.45) is 5.78. The van der Waals surface area contributed by atoms with E-state index in [9.17, 15) is 0 Å². The second-order valence-corrected chi connectivity index (χ2v) is 5.75. The maximum atomic E-state index is 3.52. The molecule has 1 nitrogen and oxygen atoms in total. The Labute approximate surface area is 82.3 Å². The van der Waals surface area contributed by atoms with E-state index in [2.05, 4.69) is 26.1 Å². The van der Waals surface area contributed by atoms with Crippen LogP contribution >= 0.6 is 0 Å². The number of hydrogen-bond donors (Lipinski definition) is 1. The molecule has 1 saturated carbocycles. The van der Waals surface area contributed by atoms with Crippen molar-refractivity contribution in [3.63, 3.8) is 0 Å². The van der Waals surface area contributed by atoms with Gasteiger partial charge >= 0.3 is 0 Å². The lowest BCUT2D eigenvalue weighted by atomic mass is 9.58. The van der Waals surface area contributed by atoms with Gasteiger partial charge in [0.15, 0.2) is 0 Å². The lowest BCUT2D eigenvalue weighted by molar-refractivity contribution is 0.0136. The Morgan fingerprint density at radius 1 is 1.15 bits per heavy atom. The lowest BCUT2D eigenvalue weighted by Gasteiger charge is -2.49. The summed E-state index contributed by atoms with van der Waals surface area (Å²) < 4.78 is 0. The van der Waals surface area contributed by atoms with E-state index in [0.29, 0.717) is 10.8 Å². The van der Waals surface area contributed by atoms with Crippen LogP contribution in [0.1, 0.15) is 46.5 Å². The molecule has 1 N–H and O–H groups in total. The first kappa shape index (κ1) is 9.51. The molecule has 1 heterocycles. The van der Waals surface area contributed by atoms with E-state index in [0.717, 1.165) is 5.92 Å². The number of hydrogen-bond acceptors (Lipinski definition) is 1. The zero-order chi connectivity index (χ0) is 9.53. The van der Waals surface area contributed by atoms with Crippen molar-refractivity contribution in [3.05, 3.63) is 0 Å². The third-order valence-electron chi connectivity index (χ3n) is 4.91. The van der Waals surface area contributed by atoms with E-state index in [1.807, 2.05) is 0 Å². The Morgan fingerprint density at radius 2 is 1.92 bits per heavy atom. The Balaban J connectivity index is 2.25. The van der Waals surface area contributed by atoms with Crippen molar-refractivity contribution < 1.29 is 0 Å². The molecule has 1 aliphatic carbocycles. The minimum absolute atomic E-state index is 0.592. The SMILES string of the molecule is CC1CNCCC12CCCC2(C)C. The second-order valence-electron chi connectivity index (χ2n) is 5.75. The molecule has 2 fully saturated rings. The van der Waals surface area contributed by atoms with Crippen LogP contribution < -0.4 is 5.32 Å². The molecular weight excluding hydrogens is 158 g/mol. The lowest BCUT2D eigenvalue weighted by Crippen LogP contribution is -2.49. The fraction of sp³-hybridized carbons (Fsp3) is 1.00. The van der Waals surface area contributed by atoms with Gasteiger partial charge in [0.1, 0.15) is 0 Å². The van der Waals surface area contributed by atoms with Gasteiger partial charge in [-0.3, -0.25) is 0 Å². The monoisotopic (exact) mass is 181 g/mol. The zero-order valence-electron chi connectivity index (χ0n) is 9.32. The maximum Gasteiger partial charge on any atom is -0.00176 e. The standard InChI is InChI=1S/C12H23N/c1-10-9-13-8-7-12(10)6-4-5-11(12,2)3/h10,13H,4-9H2,1-3H3. The summed E-state index contributed by atoms with van der Waals surface area (Å²) in [5.74, 6) is 0.874. The second kappa shape index (κ2) is 2.98. The van der Waals surface area contributed by atoms with Crippen molar-refractivity contribution in [2.45, 2.75) is 46.5 Å². The molecule has 13 heavy (non-hydrogen) atoms. The molecule has 0 radical (unpaired) electrons. The Kier molecular flexibility index (Phi) is 2.18. The Bertz CT molecular complexity index is 197. The number of rotatable bonds is 0. The van der Waals surface area contributed by atoms with Crippen molar-refractivity contribution in [2.24, 2.45) is 16.7 Å². The molecule has 0 bridgehead atoms. The average Bonchev–Trinajstić information content (AvgIpc) is 2.35. The van der Waals surface area contributed by atoms with Crippen molar-refractivity contribution >= 4 is 0 Å². The predicted octanol–water partition coefficient (Wildman–Crippen LogP) is 2.81. The molecule has 1 heteroatoms. The molecule has 0 aromatic heterocycles. The highest BCUT2D eigenvalue weighted by molar-refractivity contribution is 5.03. The van der Waals surface area contributed by atoms with Crippen molar-refractivity contribution in [3.8, 4) is 0 Å².